The van der Waals surface area contributed by atoms with Crippen molar-refractivity contribution < 1.29 is 9.84 Å². The van der Waals surface area contributed by atoms with Gasteiger partial charge in [-0.2, -0.15) is 0 Å². The van der Waals surface area contributed by atoms with Gasteiger partial charge in [-0.15, -0.1) is 0 Å². The second-order valence-electron chi connectivity index (χ2n) is 4.04. The number of aryl methyl sites for hydroxylation is 2. The van der Waals surface area contributed by atoms with Crippen LogP contribution in [0.2, 0.25) is 0 Å². The first-order chi connectivity index (χ1) is 8.15. The Balaban J connectivity index is 2.34. The molecule has 0 aliphatic rings. The van der Waals surface area contributed by atoms with Crippen molar-refractivity contribution >= 4 is 15.9 Å². The van der Waals surface area contributed by atoms with E-state index in [0.717, 1.165) is 28.8 Å². The van der Waals surface area contributed by atoms with E-state index in [2.05, 4.69) is 40.3 Å². The Kier molecular flexibility index (Phi) is 6.55. The largest absolute Gasteiger partial charge is 0.493 e. The highest BCUT2D eigenvalue weighted by atomic mass is 79.9. The van der Waals surface area contributed by atoms with Crippen molar-refractivity contribution in [2.45, 2.75) is 20.3 Å². The number of ether oxygens (including phenoxy) is 1. The second-order valence-corrected chi connectivity index (χ2v) is 4.90. The van der Waals surface area contributed by atoms with E-state index in [4.69, 9.17) is 9.84 Å². The molecule has 1 rings (SSSR count). The number of benzene rings is 1. The Morgan fingerprint density at radius 3 is 2.71 bits per heavy atom. The van der Waals surface area contributed by atoms with Gasteiger partial charge in [0.1, 0.15) is 5.75 Å². The van der Waals surface area contributed by atoms with E-state index in [1.807, 2.05) is 6.92 Å². The Labute approximate surface area is 111 Å². The first kappa shape index (κ1) is 14.5. The number of hydrogen-bond donors (Lipinski definition) is 2. The summed E-state index contributed by atoms with van der Waals surface area (Å²) in [6, 6.07) is 4.13. The summed E-state index contributed by atoms with van der Waals surface area (Å²) in [4.78, 5) is 0. The fourth-order valence-corrected chi connectivity index (χ4v) is 1.95. The molecule has 0 saturated carbocycles. The third-order valence-corrected chi connectivity index (χ3v) is 3.35. The van der Waals surface area contributed by atoms with Crippen LogP contribution in [-0.2, 0) is 0 Å². The van der Waals surface area contributed by atoms with Crippen LogP contribution in [-0.4, -0.2) is 31.4 Å². The molecule has 0 saturated heterocycles. The van der Waals surface area contributed by atoms with Crippen LogP contribution in [0.4, 0.5) is 0 Å². The maximum absolute atomic E-state index is 8.60. The third kappa shape index (κ3) is 5.06. The minimum atomic E-state index is 0.186. The maximum atomic E-state index is 8.60. The average molecular weight is 302 g/mol. The van der Waals surface area contributed by atoms with E-state index in [1.54, 1.807) is 0 Å². The van der Waals surface area contributed by atoms with Gasteiger partial charge in [-0.1, -0.05) is 15.9 Å². The number of rotatable bonds is 7. The lowest BCUT2D eigenvalue weighted by atomic mass is 10.1. The lowest BCUT2D eigenvalue weighted by Gasteiger charge is -2.11. The molecule has 0 aliphatic heterocycles. The van der Waals surface area contributed by atoms with Gasteiger partial charge in [0, 0.05) is 11.0 Å². The van der Waals surface area contributed by atoms with Gasteiger partial charge in [-0.3, -0.25) is 0 Å². The first-order valence-electron chi connectivity index (χ1n) is 5.86. The molecular formula is C13H20BrNO2. The number of hydrogen-bond acceptors (Lipinski definition) is 3. The van der Waals surface area contributed by atoms with E-state index in [-0.39, 0.29) is 6.61 Å². The van der Waals surface area contributed by atoms with E-state index in [9.17, 15) is 0 Å². The summed E-state index contributed by atoms with van der Waals surface area (Å²) >= 11 is 3.50. The minimum absolute atomic E-state index is 0.186. The zero-order valence-electron chi connectivity index (χ0n) is 10.4. The molecule has 1 aromatic carbocycles. The normalized spacial score (nSPS) is 10.6. The summed E-state index contributed by atoms with van der Waals surface area (Å²) < 4.78 is 6.85. The molecule has 0 spiro atoms. The quantitative estimate of drug-likeness (QED) is 0.760. The summed E-state index contributed by atoms with van der Waals surface area (Å²) in [6.45, 7) is 6.50. The summed E-state index contributed by atoms with van der Waals surface area (Å²) in [7, 11) is 0. The number of halogens is 1. The zero-order chi connectivity index (χ0) is 12.7. The molecule has 17 heavy (non-hydrogen) atoms. The van der Waals surface area contributed by atoms with Gasteiger partial charge in [-0.05, 0) is 50.1 Å². The van der Waals surface area contributed by atoms with Crippen LogP contribution in [0, 0.1) is 13.8 Å². The highest BCUT2D eigenvalue weighted by Gasteiger charge is 2.03. The Bertz CT molecular complexity index is 356. The van der Waals surface area contributed by atoms with Crippen molar-refractivity contribution in [2.24, 2.45) is 0 Å². The van der Waals surface area contributed by atoms with Crippen molar-refractivity contribution in [1.82, 2.24) is 5.32 Å². The predicted octanol–water partition coefficient (Wildman–Crippen LogP) is 2.42. The van der Waals surface area contributed by atoms with Gasteiger partial charge in [0.05, 0.1) is 13.2 Å². The zero-order valence-corrected chi connectivity index (χ0v) is 12.0. The molecule has 3 nitrogen and oxygen atoms in total. The molecule has 0 bridgehead atoms. The van der Waals surface area contributed by atoms with Crippen molar-refractivity contribution in [2.75, 3.05) is 26.3 Å². The van der Waals surface area contributed by atoms with E-state index in [1.165, 1.54) is 5.56 Å². The molecule has 96 valence electrons. The molecule has 0 fully saturated rings. The fourth-order valence-electron chi connectivity index (χ4n) is 1.49. The molecule has 0 aromatic heterocycles. The standard InChI is InChI=1S/C13H20BrNO2/c1-10-9-13(11(2)8-12(10)14)17-7-3-4-15-5-6-16/h8-9,15-16H,3-7H2,1-2H3. The van der Waals surface area contributed by atoms with Crippen molar-refractivity contribution in [3.63, 3.8) is 0 Å². The molecule has 4 heteroatoms. The van der Waals surface area contributed by atoms with Gasteiger partial charge < -0.3 is 15.2 Å². The van der Waals surface area contributed by atoms with Crippen LogP contribution in [0.15, 0.2) is 16.6 Å². The van der Waals surface area contributed by atoms with E-state index in [0.29, 0.717) is 13.2 Å². The molecular weight excluding hydrogens is 282 g/mol. The lowest BCUT2D eigenvalue weighted by molar-refractivity contribution is 0.281. The molecule has 0 radical (unpaired) electrons. The molecule has 1 aromatic rings. The summed E-state index contributed by atoms with van der Waals surface area (Å²) in [5, 5.41) is 11.7. The van der Waals surface area contributed by atoms with Gasteiger partial charge in [0.2, 0.25) is 0 Å². The molecule has 0 amide bonds. The van der Waals surface area contributed by atoms with Crippen molar-refractivity contribution in [1.29, 1.82) is 0 Å². The first-order valence-corrected chi connectivity index (χ1v) is 6.65. The summed E-state index contributed by atoms with van der Waals surface area (Å²) in [6.07, 6.45) is 0.939. The Morgan fingerprint density at radius 2 is 2.00 bits per heavy atom. The van der Waals surface area contributed by atoms with Gasteiger partial charge in [0.25, 0.3) is 0 Å². The van der Waals surface area contributed by atoms with Crippen LogP contribution in [0.25, 0.3) is 0 Å². The average Bonchev–Trinajstić information content (AvgIpc) is 2.30. The molecule has 0 atom stereocenters. The number of aliphatic hydroxyl groups excluding tert-OH is 1. The minimum Gasteiger partial charge on any atom is -0.493 e. The van der Waals surface area contributed by atoms with Crippen LogP contribution in [0.5, 0.6) is 5.75 Å². The summed E-state index contributed by atoms with van der Waals surface area (Å²) in [5.41, 5.74) is 2.33. The number of nitrogens with one attached hydrogen (secondary N) is 1. The highest BCUT2D eigenvalue weighted by Crippen LogP contribution is 2.26. The molecule has 0 heterocycles. The Morgan fingerprint density at radius 1 is 1.24 bits per heavy atom. The van der Waals surface area contributed by atoms with Crippen molar-refractivity contribution in [3.8, 4) is 5.75 Å². The highest BCUT2D eigenvalue weighted by molar-refractivity contribution is 9.10. The third-order valence-electron chi connectivity index (χ3n) is 2.50. The van der Waals surface area contributed by atoms with Crippen LogP contribution in [0.3, 0.4) is 0 Å². The van der Waals surface area contributed by atoms with Crippen LogP contribution in [0.1, 0.15) is 17.5 Å². The maximum Gasteiger partial charge on any atom is 0.122 e. The van der Waals surface area contributed by atoms with Gasteiger partial charge >= 0.3 is 0 Å². The fraction of sp³-hybridized carbons (Fsp3) is 0.538. The second kappa shape index (κ2) is 7.69. The molecule has 0 unspecified atom stereocenters. The number of aliphatic hydroxyl groups is 1. The summed E-state index contributed by atoms with van der Waals surface area (Å²) in [5.74, 6) is 0.952. The predicted molar refractivity (Wildman–Crippen MR) is 73.7 cm³/mol. The SMILES string of the molecule is Cc1cc(OCCCNCCO)c(C)cc1Br. The van der Waals surface area contributed by atoms with Crippen LogP contribution >= 0.6 is 15.9 Å². The van der Waals surface area contributed by atoms with Gasteiger partial charge in [0.15, 0.2) is 0 Å². The van der Waals surface area contributed by atoms with Crippen LogP contribution < -0.4 is 10.1 Å². The smallest absolute Gasteiger partial charge is 0.122 e. The van der Waals surface area contributed by atoms with Gasteiger partial charge in [-0.25, -0.2) is 0 Å². The topological polar surface area (TPSA) is 41.5 Å². The van der Waals surface area contributed by atoms with E-state index >= 15 is 0 Å². The lowest BCUT2D eigenvalue weighted by Crippen LogP contribution is -2.20. The molecule has 0 aliphatic carbocycles. The molecule has 2 N–H and O–H groups in total. The Hall–Kier alpha value is -0.580. The monoisotopic (exact) mass is 301 g/mol. The van der Waals surface area contributed by atoms with E-state index < -0.39 is 0 Å². The van der Waals surface area contributed by atoms with Crippen molar-refractivity contribution in [3.05, 3.63) is 27.7 Å².